The number of carbonyl (C=O) groups is 2. The van der Waals surface area contributed by atoms with Gasteiger partial charge >= 0.3 is 5.97 Å². The van der Waals surface area contributed by atoms with Gasteiger partial charge in [-0.1, -0.05) is 36.4 Å². The lowest BCUT2D eigenvalue weighted by molar-refractivity contribution is -0.150. The molecule has 1 amide bonds. The Bertz CT molecular complexity index is 994. The van der Waals surface area contributed by atoms with Crippen LogP contribution < -0.4 is 5.32 Å². The molecular weight excluding hydrogens is 422 g/mol. The van der Waals surface area contributed by atoms with Gasteiger partial charge in [0.05, 0.1) is 25.9 Å². The van der Waals surface area contributed by atoms with Crippen molar-refractivity contribution in [2.24, 2.45) is 5.92 Å². The molecule has 2 aromatic carbocycles. The number of esters is 1. The Morgan fingerprint density at radius 1 is 1.06 bits per heavy atom. The number of rotatable bonds is 9. The molecule has 1 heterocycles. The number of ether oxygens (including phenoxy) is 3. The molecule has 2 aromatic rings. The van der Waals surface area contributed by atoms with Crippen molar-refractivity contribution in [3.05, 3.63) is 82.6 Å². The van der Waals surface area contributed by atoms with Gasteiger partial charge in [0.1, 0.15) is 0 Å². The van der Waals surface area contributed by atoms with Crippen molar-refractivity contribution < 1.29 is 28.9 Å². The third-order valence-corrected chi connectivity index (χ3v) is 5.93. The second kappa shape index (κ2) is 10.6. The quantitative estimate of drug-likeness (QED) is 0.568. The predicted octanol–water partition coefficient (Wildman–Crippen LogP) is 3.42. The maximum atomic E-state index is 12.7. The van der Waals surface area contributed by atoms with Crippen LogP contribution in [0.15, 0.2) is 60.4 Å². The molecule has 0 bridgehead atoms. The van der Waals surface area contributed by atoms with Crippen LogP contribution in [0.4, 0.5) is 0 Å². The van der Waals surface area contributed by atoms with E-state index in [0.29, 0.717) is 31.1 Å². The maximum absolute atomic E-state index is 12.7. The molecule has 2 N–H and O–H groups in total. The molecule has 0 aromatic heterocycles. The number of hydrogen-bond donors (Lipinski definition) is 2. The van der Waals surface area contributed by atoms with Crippen LogP contribution in [0.2, 0.25) is 0 Å². The van der Waals surface area contributed by atoms with E-state index in [-0.39, 0.29) is 24.2 Å². The number of nitrogens with one attached hydrogen (secondary N) is 1. The SMILES string of the molecule is COC(=O)c1ccc([C@H]2C=C(C(=O)NCC3CC3)O[C@@H](OCc3ccc(CO)cc3)C2)cc1. The normalized spacial score (nSPS) is 19.9. The molecule has 0 unspecified atom stereocenters. The van der Waals surface area contributed by atoms with Crippen LogP contribution in [0, 0.1) is 5.92 Å². The van der Waals surface area contributed by atoms with E-state index in [1.807, 2.05) is 42.5 Å². The smallest absolute Gasteiger partial charge is 0.337 e. The van der Waals surface area contributed by atoms with Gasteiger partial charge in [0, 0.05) is 18.9 Å². The summed E-state index contributed by atoms with van der Waals surface area (Å²) in [5, 5.41) is 12.2. The first-order chi connectivity index (χ1) is 16.1. The van der Waals surface area contributed by atoms with Crippen molar-refractivity contribution in [3.63, 3.8) is 0 Å². The van der Waals surface area contributed by atoms with Crippen LogP contribution in [0.1, 0.15) is 52.2 Å². The van der Waals surface area contributed by atoms with Crippen LogP contribution in [-0.2, 0) is 32.2 Å². The summed E-state index contributed by atoms with van der Waals surface area (Å²) in [6, 6.07) is 14.7. The fourth-order valence-corrected chi connectivity index (χ4v) is 3.71. The summed E-state index contributed by atoms with van der Waals surface area (Å²) >= 11 is 0. The number of aliphatic hydroxyl groups is 1. The molecule has 2 aliphatic rings. The Kier molecular flexibility index (Phi) is 7.42. The first kappa shape index (κ1) is 23.0. The lowest BCUT2D eigenvalue weighted by Crippen LogP contribution is -2.33. The largest absolute Gasteiger partial charge is 0.465 e. The van der Waals surface area contributed by atoms with Crippen molar-refractivity contribution in [2.45, 2.75) is 44.7 Å². The topological polar surface area (TPSA) is 94.1 Å². The standard InChI is InChI=1S/C26H29NO6/c1-31-26(30)21-10-8-20(9-11-21)22-12-23(25(29)27-14-17-2-3-17)33-24(13-22)32-16-19-6-4-18(15-28)5-7-19/h4-12,17,22,24,28H,2-3,13-16H2,1H3,(H,27,29)/t22-,24+/m0/s1. The minimum atomic E-state index is -0.598. The summed E-state index contributed by atoms with van der Waals surface area (Å²) in [6.07, 6.45) is 4.06. The zero-order valence-electron chi connectivity index (χ0n) is 18.7. The third-order valence-electron chi connectivity index (χ3n) is 5.93. The first-order valence-electron chi connectivity index (χ1n) is 11.2. The first-order valence-corrected chi connectivity index (χ1v) is 11.2. The number of methoxy groups -OCH3 is 1. The molecule has 0 radical (unpaired) electrons. The van der Waals surface area contributed by atoms with Gasteiger partial charge in [-0.05, 0) is 53.7 Å². The number of hydrogen-bond acceptors (Lipinski definition) is 6. The van der Waals surface area contributed by atoms with Gasteiger partial charge in [-0.3, -0.25) is 4.79 Å². The van der Waals surface area contributed by atoms with Crippen LogP contribution in [0.3, 0.4) is 0 Å². The molecule has 1 saturated carbocycles. The molecule has 1 fully saturated rings. The van der Waals surface area contributed by atoms with E-state index in [9.17, 15) is 14.7 Å². The Morgan fingerprint density at radius 2 is 1.76 bits per heavy atom. The summed E-state index contributed by atoms with van der Waals surface area (Å²) in [7, 11) is 1.35. The van der Waals surface area contributed by atoms with E-state index >= 15 is 0 Å². The van der Waals surface area contributed by atoms with Crippen molar-refractivity contribution >= 4 is 11.9 Å². The van der Waals surface area contributed by atoms with Gasteiger partial charge in [0.25, 0.3) is 5.91 Å². The second-order valence-corrected chi connectivity index (χ2v) is 8.47. The Labute approximate surface area is 193 Å². The molecule has 1 aliphatic carbocycles. The summed E-state index contributed by atoms with van der Waals surface area (Å²) in [4.78, 5) is 24.5. The highest BCUT2D eigenvalue weighted by Crippen LogP contribution is 2.33. The minimum absolute atomic E-state index is 0.00650. The average Bonchev–Trinajstić information content (AvgIpc) is 3.70. The highest BCUT2D eigenvalue weighted by atomic mass is 16.7. The fourth-order valence-electron chi connectivity index (χ4n) is 3.71. The summed E-state index contributed by atoms with van der Waals surface area (Å²) in [5.41, 5.74) is 3.21. The van der Waals surface area contributed by atoms with E-state index in [1.165, 1.54) is 7.11 Å². The Morgan fingerprint density at radius 3 is 2.39 bits per heavy atom. The maximum Gasteiger partial charge on any atom is 0.337 e. The zero-order chi connectivity index (χ0) is 23.2. The van der Waals surface area contributed by atoms with Crippen molar-refractivity contribution in [1.29, 1.82) is 0 Å². The number of allylic oxidation sites excluding steroid dienone is 1. The van der Waals surface area contributed by atoms with E-state index in [2.05, 4.69) is 5.32 Å². The van der Waals surface area contributed by atoms with Gasteiger partial charge in [0.15, 0.2) is 5.76 Å². The minimum Gasteiger partial charge on any atom is -0.465 e. The lowest BCUT2D eigenvalue weighted by Gasteiger charge is -2.29. The van der Waals surface area contributed by atoms with Gasteiger partial charge in [-0.15, -0.1) is 0 Å². The molecule has 1 aliphatic heterocycles. The Hall–Kier alpha value is -3.16. The van der Waals surface area contributed by atoms with Crippen LogP contribution in [0.5, 0.6) is 0 Å². The molecule has 33 heavy (non-hydrogen) atoms. The fraction of sp³-hybridized carbons (Fsp3) is 0.385. The third kappa shape index (κ3) is 6.21. The van der Waals surface area contributed by atoms with Crippen molar-refractivity contribution in [1.82, 2.24) is 5.32 Å². The van der Waals surface area contributed by atoms with E-state index in [0.717, 1.165) is 29.5 Å². The van der Waals surface area contributed by atoms with Crippen LogP contribution in [-0.4, -0.2) is 36.9 Å². The highest BCUT2D eigenvalue weighted by molar-refractivity contribution is 5.92. The second-order valence-electron chi connectivity index (χ2n) is 8.47. The average molecular weight is 452 g/mol. The molecule has 174 valence electrons. The molecule has 0 saturated heterocycles. The Balaban J connectivity index is 1.47. The summed E-state index contributed by atoms with van der Waals surface area (Å²) < 4.78 is 16.7. The molecule has 2 atom stereocenters. The number of aliphatic hydroxyl groups excluding tert-OH is 1. The van der Waals surface area contributed by atoms with Gasteiger partial charge < -0.3 is 24.6 Å². The number of benzene rings is 2. The molecule has 4 rings (SSSR count). The monoisotopic (exact) mass is 451 g/mol. The zero-order valence-corrected chi connectivity index (χ0v) is 18.7. The lowest BCUT2D eigenvalue weighted by atomic mass is 9.92. The van der Waals surface area contributed by atoms with Gasteiger partial charge in [0.2, 0.25) is 6.29 Å². The van der Waals surface area contributed by atoms with Gasteiger partial charge in [-0.25, -0.2) is 4.79 Å². The van der Waals surface area contributed by atoms with Gasteiger partial charge in [-0.2, -0.15) is 0 Å². The van der Waals surface area contributed by atoms with Crippen LogP contribution >= 0.6 is 0 Å². The predicted molar refractivity (Wildman–Crippen MR) is 121 cm³/mol. The number of amides is 1. The molecule has 0 spiro atoms. The molecule has 7 nitrogen and oxygen atoms in total. The summed E-state index contributed by atoms with van der Waals surface area (Å²) in [5.74, 6) is 0.0866. The van der Waals surface area contributed by atoms with E-state index in [4.69, 9.17) is 14.2 Å². The highest BCUT2D eigenvalue weighted by Gasteiger charge is 2.30. The number of carbonyl (C=O) groups excluding carboxylic acids is 2. The van der Waals surface area contributed by atoms with Crippen LogP contribution in [0.25, 0.3) is 0 Å². The van der Waals surface area contributed by atoms with Crippen molar-refractivity contribution in [2.75, 3.05) is 13.7 Å². The summed E-state index contributed by atoms with van der Waals surface area (Å²) in [6.45, 7) is 0.968. The van der Waals surface area contributed by atoms with E-state index in [1.54, 1.807) is 12.1 Å². The molecule has 7 heteroatoms. The van der Waals surface area contributed by atoms with E-state index < -0.39 is 12.3 Å². The van der Waals surface area contributed by atoms with Crippen molar-refractivity contribution in [3.8, 4) is 0 Å². The molecular formula is C26H29NO6.